The van der Waals surface area contributed by atoms with E-state index in [0.717, 1.165) is 22.4 Å². The van der Waals surface area contributed by atoms with E-state index in [-0.39, 0.29) is 29.5 Å². The number of aromatic nitrogens is 3. The van der Waals surface area contributed by atoms with E-state index in [4.69, 9.17) is 11.6 Å². The van der Waals surface area contributed by atoms with Gasteiger partial charge in [-0.25, -0.2) is 4.79 Å². The summed E-state index contributed by atoms with van der Waals surface area (Å²) in [4.78, 5) is 27.2. The molecule has 0 unspecified atom stereocenters. The summed E-state index contributed by atoms with van der Waals surface area (Å²) in [6, 6.07) is 8.11. The number of rotatable bonds is 4. The van der Waals surface area contributed by atoms with Crippen LogP contribution in [0.4, 0.5) is 13.2 Å². The quantitative estimate of drug-likeness (QED) is 0.575. The molecule has 0 fully saturated rings. The van der Waals surface area contributed by atoms with Crippen LogP contribution in [0.3, 0.4) is 0 Å². The van der Waals surface area contributed by atoms with Gasteiger partial charge in [-0.2, -0.15) is 17.9 Å². The van der Waals surface area contributed by atoms with Gasteiger partial charge in [0.1, 0.15) is 0 Å². The molecule has 170 valence electrons. The molecule has 32 heavy (non-hydrogen) atoms. The number of aromatic amines is 1. The van der Waals surface area contributed by atoms with Crippen LogP contribution in [-0.2, 0) is 17.5 Å². The maximum atomic E-state index is 12.9. The molecule has 1 aromatic heterocycles. The lowest BCUT2D eigenvalue weighted by atomic mass is 9.95. The largest absolute Gasteiger partial charge is 0.416 e. The Morgan fingerprint density at radius 3 is 2.44 bits per heavy atom. The predicted molar refractivity (Wildman–Crippen MR) is 116 cm³/mol. The SMILES string of the molecule is Cc1cc(C(F)(F)F)ccc1-n1nc(-c2cc(CNC(=O)C(C)(C)C)ccc2Cl)[nH]c1=O. The second kappa shape index (κ2) is 8.46. The average molecular weight is 467 g/mol. The zero-order valence-corrected chi connectivity index (χ0v) is 18.6. The number of hydrogen-bond acceptors (Lipinski definition) is 3. The number of carbonyl (C=O) groups is 1. The van der Waals surface area contributed by atoms with Gasteiger partial charge in [0.2, 0.25) is 5.91 Å². The number of H-pyrrole nitrogens is 1. The molecule has 1 heterocycles. The summed E-state index contributed by atoms with van der Waals surface area (Å²) in [6.07, 6.45) is -4.48. The number of hydrogen-bond donors (Lipinski definition) is 2. The van der Waals surface area contributed by atoms with Crippen LogP contribution in [0, 0.1) is 12.3 Å². The second-order valence-electron chi connectivity index (χ2n) is 8.44. The number of nitrogens with one attached hydrogen (secondary N) is 2. The third-order valence-electron chi connectivity index (χ3n) is 4.79. The zero-order chi connectivity index (χ0) is 23.8. The minimum Gasteiger partial charge on any atom is -0.352 e. The van der Waals surface area contributed by atoms with Crippen LogP contribution in [0.5, 0.6) is 0 Å². The van der Waals surface area contributed by atoms with E-state index >= 15 is 0 Å². The molecule has 6 nitrogen and oxygen atoms in total. The minimum atomic E-state index is -4.48. The average Bonchev–Trinajstić information content (AvgIpc) is 3.06. The van der Waals surface area contributed by atoms with Crippen molar-refractivity contribution in [2.45, 2.75) is 40.4 Å². The van der Waals surface area contributed by atoms with Crippen molar-refractivity contribution in [1.29, 1.82) is 0 Å². The van der Waals surface area contributed by atoms with Crippen molar-refractivity contribution in [2.24, 2.45) is 5.41 Å². The lowest BCUT2D eigenvalue weighted by molar-refractivity contribution is -0.137. The first-order valence-corrected chi connectivity index (χ1v) is 10.1. The fourth-order valence-corrected chi connectivity index (χ4v) is 3.20. The van der Waals surface area contributed by atoms with Crippen LogP contribution in [0.1, 0.15) is 37.5 Å². The van der Waals surface area contributed by atoms with E-state index in [2.05, 4.69) is 15.4 Å². The predicted octanol–water partition coefficient (Wildman–Crippen LogP) is 4.87. The van der Waals surface area contributed by atoms with Crippen LogP contribution >= 0.6 is 11.6 Å². The topological polar surface area (TPSA) is 79.8 Å². The van der Waals surface area contributed by atoms with Gasteiger partial charge in [0.05, 0.1) is 16.3 Å². The molecule has 0 aliphatic rings. The van der Waals surface area contributed by atoms with Gasteiger partial charge in [0, 0.05) is 17.5 Å². The third-order valence-corrected chi connectivity index (χ3v) is 5.12. The fraction of sp³-hybridized carbons (Fsp3) is 0.318. The molecule has 2 aromatic carbocycles. The van der Waals surface area contributed by atoms with Gasteiger partial charge < -0.3 is 5.32 Å². The Hall–Kier alpha value is -3.07. The van der Waals surface area contributed by atoms with Crippen molar-refractivity contribution in [3.8, 4) is 17.1 Å². The highest BCUT2D eigenvalue weighted by molar-refractivity contribution is 6.33. The summed E-state index contributed by atoms with van der Waals surface area (Å²) in [5.41, 5.74) is -0.350. The lowest BCUT2D eigenvalue weighted by Crippen LogP contribution is -2.34. The van der Waals surface area contributed by atoms with Crippen molar-refractivity contribution in [2.75, 3.05) is 0 Å². The number of halogens is 4. The Morgan fingerprint density at radius 1 is 1.16 bits per heavy atom. The van der Waals surface area contributed by atoms with Gasteiger partial charge in [0.25, 0.3) is 0 Å². The molecule has 0 bridgehead atoms. The molecule has 0 atom stereocenters. The Morgan fingerprint density at radius 2 is 1.84 bits per heavy atom. The highest BCUT2D eigenvalue weighted by Gasteiger charge is 2.31. The van der Waals surface area contributed by atoms with E-state index in [1.54, 1.807) is 39.0 Å². The summed E-state index contributed by atoms with van der Waals surface area (Å²) < 4.78 is 39.8. The van der Waals surface area contributed by atoms with Crippen molar-refractivity contribution in [3.63, 3.8) is 0 Å². The molecule has 3 aromatic rings. The Balaban J connectivity index is 1.94. The number of nitrogens with zero attached hydrogens (tertiary/aromatic N) is 2. The summed E-state index contributed by atoms with van der Waals surface area (Å²) in [5, 5.41) is 7.39. The van der Waals surface area contributed by atoms with Gasteiger partial charge in [-0.3, -0.25) is 9.78 Å². The normalized spacial score (nSPS) is 12.1. The summed E-state index contributed by atoms with van der Waals surface area (Å²) in [7, 11) is 0. The maximum Gasteiger partial charge on any atom is 0.416 e. The van der Waals surface area contributed by atoms with Crippen molar-refractivity contribution >= 4 is 17.5 Å². The first-order chi connectivity index (χ1) is 14.8. The second-order valence-corrected chi connectivity index (χ2v) is 8.84. The molecule has 1 amide bonds. The Bertz CT molecular complexity index is 1220. The first-order valence-electron chi connectivity index (χ1n) is 9.72. The van der Waals surface area contributed by atoms with Crippen LogP contribution in [0.2, 0.25) is 5.02 Å². The molecule has 0 spiro atoms. The van der Waals surface area contributed by atoms with E-state index in [9.17, 15) is 22.8 Å². The van der Waals surface area contributed by atoms with Crippen LogP contribution in [0.15, 0.2) is 41.2 Å². The number of alkyl halides is 3. The van der Waals surface area contributed by atoms with E-state index in [1.807, 2.05) is 0 Å². The van der Waals surface area contributed by atoms with Gasteiger partial charge in [-0.05, 0) is 48.4 Å². The van der Waals surface area contributed by atoms with Crippen LogP contribution < -0.4 is 11.0 Å². The van der Waals surface area contributed by atoms with Gasteiger partial charge in [-0.15, -0.1) is 5.10 Å². The third kappa shape index (κ3) is 5.04. The number of aryl methyl sites for hydroxylation is 1. The zero-order valence-electron chi connectivity index (χ0n) is 17.9. The molecular formula is C22H22ClF3N4O2. The van der Waals surface area contributed by atoms with Gasteiger partial charge in [0.15, 0.2) is 5.82 Å². The molecule has 0 saturated carbocycles. The Labute approximate surface area is 187 Å². The molecule has 2 N–H and O–H groups in total. The molecular weight excluding hydrogens is 445 g/mol. The Kier molecular flexibility index (Phi) is 6.24. The molecule has 10 heteroatoms. The van der Waals surface area contributed by atoms with Gasteiger partial charge >= 0.3 is 11.9 Å². The van der Waals surface area contributed by atoms with Crippen molar-refractivity contribution in [3.05, 3.63) is 68.6 Å². The lowest BCUT2D eigenvalue weighted by Gasteiger charge is -2.17. The van der Waals surface area contributed by atoms with E-state index < -0.39 is 22.8 Å². The van der Waals surface area contributed by atoms with Crippen molar-refractivity contribution < 1.29 is 18.0 Å². The summed E-state index contributed by atoms with van der Waals surface area (Å²) >= 11 is 6.29. The van der Waals surface area contributed by atoms with E-state index in [0.29, 0.717) is 10.6 Å². The van der Waals surface area contributed by atoms with Gasteiger partial charge in [-0.1, -0.05) is 38.4 Å². The number of benzene rings is 2. The maximum absolute atomic E-state index is 12.9. The van der Waals surface area contributed by atoms with Crippen LogP contribution in [0.25, 0.3) is 17.1 Å². The summed E-state index contributed by atoms with van der Waals surface area (Å²) in [6.45, 7) is 7.13. The van der Waals surface area contributed by atoms with Crippen LogP contribution in [-0.4, -0.2) is 20.7 Å². The highest BCUT2D eigenvalue weighted by atomic mass is 35.5. The standard InChI is InChI=1S/C22H22ClF3N4O2/c1-12-9-14(22(24,25)26)6-8-17(12)30-20(32)28-18(29-30)15-10-13(5-7-16(15)23)11-27-19(31)21(2,3)4/h5-10H,11H2,1-4H3,(H,27,31)(H,28,29,32). The summed E-state index contributed by atoms with van der Waals surface area (Å²) in [5.74, 6) is 0.0350. The molecule has 0 saturated heterocycles. The monoisotopic (exact) mass is 466 g/mol. The molecule has 0 aliphatic heterocycles. The first kappa shape index (κ1) is 23.6. The number of amides is 1. The van der Waals surface area contributed by atoms with Crippen molar-refractivity contribution in [1.82, 2.24) is 20.1 Å². The molecule has 3 rings (SSSR count). The highest BCUT2D eigenvalue weighted by Crippen LogP contribution is 2.31. The fourth-order valence-electron chi connectivity index (χ4n) is 2.99. The van der Waals surface area contributed by atoms with E-state index in [1.165, 1.54) is 13.0 Å². The minimum absolute atomic E-state index is 0.121. The molecule has 0 aliphatic carbocycles. The number of carbonyl (C=O) groups excluding carboxylic acids is 1. The molecule has 0 radical (unpaired) electrons. The smallest absolute Gasteiger partial charge is 0.352 e.